The fourth-order valence-electron chi connectivity index (χ4n) is 8.49. The Kier molecular flexibility index (Phi) is 15.2. The van der Waals surface area contributed by atoms with Gasteiger partial charge in [-0.15, -0.1) is 0 Å². The van der Waals surface area contributed by atoms with Crippen molar-refractivity contribution in [2.45, 2.75) is 60.9 Å². The van der Waals surface area contributed by atoms with Gasteiger partial charge in [-0.05, 0) is 109 Å². The van der Waals surface area contributed by atoms with Crippen LogP contribution in [0, 0.1) is 5.41 Å². The van der Waals surface area contributed by atoms with Crippen LogP contribution in [0.2, 0.25) is 5.02 Å². The van der Waals surface area contributed by atoms with Gasteiger partial charge < -0.3 is 19.7 Å². The number of carbonyl (C=O) groups is 1. The molecule has 2 fully saturated rings. The molecule has 350 valence electrons. The van der Waals surface area contributed by atoms with Crippen LogP contribution in [-0.4, -0.2) is 116 Å². The molecule has 0 unspecified atom stereocenters. The number of rotatable bonds is 16. The lowest BCUT2D eigenvalue weighted by Crippen LogP contribution is -2.47. The lowest BCUT2D eigenvalue weighted by atomic mass is 9.73. The highest BCUT2D eigenvalue weighted by molar-refractivity contribution is 7.92. The van der Waals surface area contributed by atoms with Gasteiger partial charge in [0.25, 0.3) is 25.8 Å². The van der Waals surface area contributed by atoms with Crippen LogP contribution in [0.15, 0.2) is 112 Å². The number of anilines is 2. The zero-order chi connectivity index (χ0) is 46.4. The Balaban J connectivity index is 1.02. The Morgan fingerprint density at radius 1 is 0.862 bits per heavy atom. The van der Waals surface area contributed by atoms with Crippen molar-refractivity contribution in [2.24, 2.45) is 5.41 Å². The summed E-state index contributed by atoms with van der Waals surface area (Å²) in [4.78, 5) is 17.9. The van der Waals surface area contributed by atoms with Crippen LogP contribution in [0.3, 0.4) is 0 Å². The molecule has 2 saturated heterocycles. The molecule has 4 aromatic rings. The van der Waals surface area contributed by atoms with E-state index in [9.17, 15) is 34.8 Å². The van der Waals surface area contributed by atoms with E-state index in [1.165, 1.54) is 28.8 Å². The minimum absolute atomic E-state index is 0.0134. The minimum Gasteiger partial charge on any atom is -0.491 e. The summed E-state index contributed by atoms with van der Waals surface area (Å²) in [7, 11) is -10.9. The average Bonchev–Trinajstić information content (AvgIpc) is 3.28. The molecule has 2 heterocycles. The van der Waals surface area contributed by atoms with Crippen molar-refractivity contribution in [3.8, 4) is 5.75 Å². The molecule has 2 N–H and O–H groups in total. The number of hydrogen-bond donors (Lipinski definition) is 2. The van der Waals surface area contributed by atoms with Crippen molar-refractivity contribution in [2.75, 3.05) is 82.4 Å². The molecule has 1 atom stereocenters. The number of alkyl halides is 3. The first-order valence-corrected chi connectivity index (χ1v) is 25.0. The molecule has 4 aromatic carbocycles. The number of carbonyl (C=O) groups excluding carboxylic acids is 1. The Hall–Kier alpha value is -4.65. The molecule has 1 aliphatic carbocycles. The van der Waals surface area contributed by atoms with Crippen molar-refractivity contribution in [1.29, 1.82) is 0 Å². The number of piperazine rings is 1. The fraction of sp³-hybridized carbons (Fsp3) is 0.426. The third kappa shape index (κ3) is 12.4. The third-order valence-corrected chi connectivity index (χ3v) is 15.3. The fourth-order valence-corrected chi connectivity index (χ4v) is 10.6. The highest BCUT2D eigenvalue weighted by atomic mass is 35.5. The zero-order valence-electron chi connectivity index (χ0n) is 36.4. The number of halogens is 4. The number of benzene rings is 4. The number of nitrogens with zero attached hydrogens (tertiary/aromatic N) is 3. The van der Waals surface area contributed by atoms with Gasteiger partial charge in [-0.2, -0.15) is 13.2 Å². The van der Waals surface area contributed by atoms with Gasteiger partial charge in [0.2, 0.25) is 0 Å². The number of hydrogen-bond acceptors (Lipinski definition) is 11. The molecule has 1 amide bonds. The molecule has 0 aromatic heterocycles. The van der Waals surface area contributed by atoms with Gasteiger partial charge in [0.15, 0.2) is 0 Å². The Morgan fingerprint density at radius 3 is 2.20 bits per heavy atom. The predicted octanol–water partition coefficient (Wildman–Crippen LogP) is 8.12. The van der Waals surface area contributed by atoms with E-state index in [4.69, 9.17) is 21.1 Å². The molecule has 7 rings (SSSR count). The summed E-state index contributed by atoms with van der Waals surface area (Å²) in [6, 6.07) is 24.8. The maximum Gasteiger partial charge on any atom is 0.501 e. The highest BCUT2D eigenvalue weighted by Crippen LogP contribution is 2.43. The normalized spacial score (nSPS) is 18.3. The maximum absolute atomic E-state index is 14.2. The zero-order valence-corrected chi connectivity index (χ0v) is 38.8. The van der Waals surface area contributed by atoms with E-state index in [1.807, 2.05) is 16.9 Å². The van der Waals surface area contributed by atoms with Gasteiger partial charge in [0.1, 0.15) is 17.3 Å². The number of morpholine rings is 1. The summed E-state index contributed by atoms with van der Waals surface area (Å²) >= 11 is 6.19. The number of amides is 1. The maximum atomic E-state index is 14.2. The van der Waals surface area contributed by atoms with Gasteiger partial charge in [-0.25, -0.2) is 21.6 Å². The van der Waals surface area contributed by atoms with Crippen LogP contribution >= 0.6 is 11.6 Å². The van der Waals surface area contributed by atoms with Crippen LogP contribution in [0.25, 0.3) is 5.57 Å². The SMILES string of the molecule is CC1(C)CCC(c2ccc(Cl)cc2)=C(CN2CCN(c3ccc(C(=O)NS(=O)(=O)c4ccc(N[C@H](CCN5CCOCC5)COc5ccccc5)c(S(=O)(=O)C(F)(F)F)c4)cc3)CC2)C1. The first kappa shape index (κ1) is 48.3. The van der Waals surface area contributed by atoms with E-state index in [1.54, 1.807) is 42.5 Å². The van der Waals surface area contributed by atoms with E-state index in [-0.39, 0.29) is 17.6 Å². The van der Waals surface area contributed by atoms with Crippen LogP contribution in [0.4, 0.5) is 24.5 Å². The van der Waals surface area contributed by atoms with E-state index in [2.05, 4.69) is 46.0 Å². The summed E-state index contributed by atoms with van der Waals surface area (Å²) in [6.07, 6.45) is 3.48. The lowest BCUT2D eigenvalue weighted by Gasteiger charge is -2.39. The topological polar surface area (TPSA) is 138 Å². The van der Waals surface area contributed by atoms with E-state index in [0.717, 1.165) is 69.8 Å². The van der Waals surface area contributed by atoms with E-state index < -0.39 is 52.8 Å². The lowest BCUT2D eigenvalue weighted by molar-refractivity contribution is -0.0435. The highest BCUT2D eigenvalue weighted by Gasteiger charge is 2.48. The third-order valence-electron chi connectivity index (χ3n) is 12.2. The van der Waals surface area contributed by atoms with E-state index in [0.29, 0.717) is 56.1 Å². The van der Waals surface area contributed by atoms with Gasteiger partial charge in [-0.1, -0.05) is 61.4 Å². The van der Waals surface area contributed by atoms with Crippen molar-refractivity contribution in [3.05, 3.63) is 119 Å². The molecular weight excluding hydrogens is 903 g/mol. The molecule has 0 bridgehead atoms. The second-order valence-electron chi connectivity index (χ2n) is 17.5. The monoisotopic (exact) mass is 957 g/mol. The van der Waals surface area contributed by atoms with Gasteiger partial charge >= 0.3 is 5.51 Å². The van der Waals surface area contributed by atoms with Crippen LogP contribution in [0.1, 0.15) is 55.5 Å². The molecule has 12 nitrogen and oxygen atoms in total. The van der Waals surface area contributed by atoms with E-state index >= 15 is 0 Å². The number of nitrogens with one attached hydrogen (secondary N) is 2. The van der Waals surface area contributed by atoms with Crippen LogP contribution < -0.4 is 19.7 Å². The summed E-state index contributed by atoms with van der Waals surface area (Å²) in [5, 5.41) is 3.60. The summed E-state index contributed by atoms with van der Waals surface area (Å²) < 4.78 is 109. The van der Waals surface area contributed by atoms with Gasteiger partial charge in [0.05, 0.1) is 29.8 Å². The Bertz CT molecular complexity index is 2530. The van der Waals surface area contributed by atoms with Gasteiger partial charge in [0, 0.05) is 68.6 Å². The summed E-state index contributed by atoms with van der Waals surface area (Å²) in [6.45, 7) is 11.4. The smallest absolute Gasteiger partial charge is 0.491 e. The van der Waals surface area contributed by atoms with Gasteiger partial charge in [-0.3, -0.25) is 14.6 Å². The standard InChI is InChI=1S/C47H55ClF3N5O7S2/c1-46(2)20-18-42(34-8-12-37(48)13-9-34)36(31-46)32-55-22-24-56(25-23-55)39-14-10-35(11-15-39)45(57)53-65(60,61)41-16-17-43(44(30-41)64(58,59)47(49,50)51)52-38(19-21-54-26-28-62-29-27-54)33-63-40-6-4-3-5-7-40/h3-17,30,38,52H,18-29,31-33H2,1-2H3,(H,53,57)/t38-/m1/s1. The second-order valence-corrected chi connectivity index (χ2v) is 21.5. The molecule has 0 spiro atoms. The van der Waals surface area contributed by atoms with Crippen molar-refractivity contribution in [1.82, 2.24) is 14.5 Å². The molecule has 2 aliphatic heterocycles. The summed E-state index contributed by atoms with van der Waals surface area (Å²) in [5.41, 5.74) is -1.14. The Labute approximate surface area is 384 Å². The molecule has 3 aliphatic rings. The molecule has 18 heteroatoms. The summed E-state index contributed by atoms with van der Waals surface area (Å²) in [5.74, 6) is -0.540. The van der Waals surface area contributed by atoms with Crippen molar-refractivity contribution < 1.29 is 44.3 Å². The molecule has 0 radical (unpaired) electrons. The number of para-hydroxylation sites is 1. The molecular formula is C47H55ClF3N5O7S2. The number of sulfonamides is 1. The van der Waals surface area contributed by atoms with Crippen LogP contribution in [-0.2, 0) is 24.6 Å². The van der Waals surface area contributed by atoms with Crippen molar-refractivity contribution >= 4 is 54.3 Å². The number of ether oxygens (including phenoxy) is 2. The quantitative estimate of drug-likeness (QED) is 0.113. The number of allylic oxidation sites excluding steroid dienone is 1. The minimum atomic E-state index is -6.09. The predicted molar refractivity (Wildman–Crippen MR) is 247 cm³/mol. The first-order valence-electron chi connectivity index (χ1n) is 21.7. The van der Waals surface area contributed by atoms with Crippen molar-refractivity contribution in [3.63, 3.8) is 0 Å². The average molecular weight is 959 g/mol. The largest absolute Gasteiger partial charge is 0.501 e. The first-order chi connectivity index (χ1) is 30.9. The number of sulfone groups is 1. The Morgan fingerprint density at radius 2 is 1.54 bits per heavy atom. The molecule has 0 saturated carbocycles. The van der Waals surface area contributed by atoms with Crippen LogP contribution in [0.5, 0.6) is 5.75 Å². The molecule has 65 heavy (non-hydrogen) atoms. The second kappa shape index (κ2) is 20.5.